The molecule has 0 aromatic heterocycles. The molecule has 1 heterocycles. The van der Waals surface area contributed by atoms with E-state index in [2.05, 4.69) is 19.2 Å². The lowest BCUT2D eigenvalue weighted by Crippen LogP contribution is -2.47. The van der Waals surface area contributed by atoms with E-state index >= 15 is 0 Å². The van der Waals surface area contributed by atoms with Gasteiger partial charge in [0.1, 0.15) is 17.9 Å². The van der Waals surface area contributed by atoms with Crippen molar-refractivity contribution in [3.63, 3.8) is 0 Å². The van der Waals surface area contributed by atoms with Crippen LogP contribution in [0.1, 0.15) is 44.7 Å². The van der Waals surface area contributed by atoms with Crippen LogP contribution in [0.15, 0.2) is 77.7 Å². The number of carbonyl (C=O) groups is 1. The van der Waals surface area contributed by atoms with Gasteiger partial charge in [0.2, 0.25) is 5.91 Å². The summed E-state index contributed by atoms with van der Waals surface area (Å²) in [4.78, 5) is 13.4. The molecule has 3 aromatic carbocycles. The molecule has 1 aliphatic heterocycles. The molecular weight excluding hydrogens is 519 g/mol. The van der Waals surface area contributed by atoms with Gasteiger partial charge in [-0.05, 0) is 61.4 Å². The van der Waals surface area contributed by atoms with Gasteiger partial charge in [-0.15, -0.1) is 0 Å². The maximum Gasteiger partial charge on any atom is 0.264 e. The van der Waals surface area contributed by atoms with Gasteiger partial charge in [0, 0.05) is 22.0 Å². The molecule has 1 atom stereocenters. The van der Waals surface area contributed by atoms with Gasteiger partial charge in [-0.2, -0.15) is 0 Å². The Morgan fingerprint density at radius 3 is 2.36 bits per heavy atom. The van der Waals surface area contributed by atoms with E-state index in [9.17, 15) is 13.2 Å². The van der Waals surface area contributed by atoms with Crippen LogP contribution in [0.2, 0.25) is 10.0 Å². The average molecular weight is 548 g/mol. The highest BCUT2D eigenvalue weighted by molar-refractivity contribution is 7.92. The molecule has 1 N–H and O–H groups in total. The molecule has 0 radical (unpaired) electrons. The second-order valence-electron chi connectivity index (χ2n) is 8.80. The van der Waals surface area contributed by atoms with Crippen molar-refractivity contribution in [2.75, 3.05) is 10.8 Å². The molecule has 0 bridgehead atoms. The maximum atomic E-state index is 13.6. The number of benzene rings is 3. The van der Waals surface area contributed by atoms with Crippen LogP contribution in [0.25, 0.3) is 0 Å². The molecule has 190 valence electrons. The van der Waals surface area contributed by atoms with Crippen molar-refractivity contribution in [3.8, 4) is 5.75 Å². The number of rotatable bonds is 8. The third-order valence-corrected chi connectivity index (χ3v) is 8.88. The van der Waals surface area contributed by atoms with Crippen LogP contribution in [0.3, 0.4) is 0 Å². The predicted octanol–water partition coefficient (Wildman–Crippen LogP) is 6.39. The molecule has 6 nitrogen and oxygen atoms in total. The average Bonchev–Trinajstić information content (AvgIpc) is 2.87. The Labute approximate surface area is 222 Å². The molecule has 9 heteroatoms. The summed E-state index contributed by atoms with van der Waals surface area (Å²) in [6.45, 7) is 3.71. The van der Waals surface area contributed by atoms with Crippen molar-refractivity contribution in [1.29, 1.82) is 0 Å². The number of nitrogens with zero attached hydrogens (tertiary/aromatic N) is 1. The first-order valence-electron chi connectivity index (χ1n) is 11.8. The zero-order valence-corrected chi connectivity index (χ0v) is 22.4. The number of carbonyl (C=O) groups excluding carboxylic acids is 1. The predicted molar refractivity (Wildman–Crippen MR) is 143 cm³/mol. The number of sulfonamides is 1. The van der Waals surface area contributed by atoms with E-state index < -0.39 is 28.1 Å². The van der Waals surface area contributed by atoms with Gasteiger partial charge in [0.05, 0.1) is 16.6 Å². The van der Waals surface area contributed by atoms with E-state index in [1.54, 1.807) is 18.2 Å². The number of hydrogen-bond acceptors (Lipinski definition) is 4. The van der Waals surface area contributed by atoms with Crippen LogP contribution in [0.4, 0.5) is 5.69 Å². The normalized spacial score (nSPS) is 16.5. The minimum Gasteiger partial charge on any atom is -0.487 e. The highest BCUT2D eigenvalue weighted by Crippen LogP contribution is 2.42. The highest BCUT2D eigenvalue weighted by atomic mass is 35.5. The summed E-state index contributed by atoms with van der Waals surface area (Å²) in [6, 6.07) is 19.6. The third kappa shape index (κ3) is 5.48. The Hall–Kier alpha value is -2.74. The summed E-state index contributed by atoms with van der Waals surface area (Å²) in [5, 5.41) is 3.84. The van der Waals surface area contributed by atoms with Crippen LogP contribution in [-0.2, 0) is 14.8 Å². The minimum absolute atomic E-state index is 0.0204. The number of nitrogens with one attached hydrogen (secondary N) is 1. The zero-order valence-electron chi connectivity index (χ0n) is 20.1. The molecule has 1 aliphatic rings. The lowest BCUT2D eigenvalue weighted by Gasteiger charge is -2.41. The van der Waals surface area contributed by atoms with Gasteiger partial charge in [0.15, 0.2) is 0 Å². The summed E-state index contributed by atoms with van der Waals surface area (Å²) < 4.78 is 34.6. The van der Waals surface area contributed by atoms with Gasteiger partial charge in [-0.25, -0.2) is 8.42 Å². The van der Waals surface area contributed by atoms with Gasteiger partial charge >= 0.3 is 0 Å². The molecular formula is C27H28Cl2N2O4S. The van der Waals surface area contributed by atoms with Crippen molar-refractivity contribution in [3.05, 3.63) is 88.4 Å². The zero-order chi connectivity index (χ0) is 25.9. The summed E-state index contributed by atoms with van der Waals surface area (Å²) in [7, 11) is -4.09. The van der Waals surface area contributed by atoms with Crippen LogP contribution in [0.5, 0.6) is 5.75 Å². The second kappa shape index (κ2) is 10.7. The topological polar surface area (TPSA) is 75.7 Å². The number of amides is 1. The molecule has 0 spiro atoms. The smallest absolute Gasteiger partial charge is 0.264 e. The summed E-state index contributed by atoms with van der Waals surface area (Å²) in [5.74, 6) is 0.300. The van der Waals surface area contributed by atoms with Crippen molar-refractivity contribution in [2.24, 2.45) is 0 Å². The van der Waals surface area contributed by atoms with Crippen LogP contribution >= 0.6 is 23.2 Å². The molecule has 4 rings (SSSR count). The van der Waals surface area contributed by atoms with E-state index in [0.29, 0.717) is 16.5 Å². The molecule has 0 saturated carbocycles. The lowest BCUT2D eigenvalue weighted by molar-refractivity contribution is -0.121. The van der Waals surface area contributed by atoms with E-state index in [0.717, 1.165) is 28.5 Å². The molecule has 1 amide bonds. The van der Waals surface area contributed by atoms with Crippen molar-refractivity contribution < 1.29 is 17.9 Å². The first kappa shape index (κ1) is 26.3. The standard InChI is InChI=1S/C27H28Cl2N2O4S/c1-3-27(4-2)17-24(23-10-5-6-11-25(23)35-27)30-26(32)18-31(21-9-7-8-20(29)16-21)36(33,34)22-14-12-19(28)13-15-22/h5-16,24H,3-4,17-18H2,1-2H3,(H,30,32)/t24-/m0/s1. The number of ether oxygens (including phenoxy) is 1. The van der Waals surface area contributed by atoms with Crippen LogP contribution in [0, 0.1) is 0 Å². The minimum atomic E-state index is -4.09. The van der Waals surface area contributed by atoms with Crippen LogP contribution in [-0.4, -0.2) is 26.5 Å². The van der Waals surface area contributed by atoms with Gasteiger partial charge in [-0.1, -0.05) is 61.3 Å². The largest absolute Gasteiger partial charge is 0.487 e. The number of halogens is 2. The molecule has 0 fully saturated rings. The van der Waals surface area contributed by atoms with E-state index in [1.165, 1.54) is 30.3 Å². The molecule has 3 aromatic rings. The van der Waals surface area contributed by atoms with E-state index in [1.807, 2.05) is 24.3 Å². The second-order valence-corrected chi connectivity index (χ2v) is 11.5. The fraction of sp³-hybridized carbons (Fsp3) is 0.296. The molecule has 0 unspecified atom stereocenters. The van der Waals surface area contributed by atoms with E-state index in [4.69, 9.17) is 27.9 Å². The molecule has 0 aliphatic carbocycles. The molecule has 36 heavy (non-hydrogen) atoms. The van der Waals surface area contributed by atoms with Crippen molar-refractivity contribution >= 4 is 44.8 Å². The van der Waals surface area contributed by atoms with Crippen LogP contribution < -0.4 is 14.4 Å². The fourth-order valence-corrected chi connectivity index (χ4v) is 6.20. The Morgan fingerprint density at radius 1 is 1.00 bits per heavy atom. The number of para-hydroxylation sites is 1. The lowest BCUT2D eigenvalue weighted by atomic mass is 9.83. The highest BCUT2D eigenvalue weighted by Gasteiger charge is 2.39. The van der Waals surface area contributed by atoms with Crippen molar-refractivity contribution in [1.82, 2.24) is 5.32 Å². The first-order valence-corrected chi connectivity index (χ1v) is 14.0. The Morgan fingerprint density at radius 2 is 1.69 bits per heavy atom. The first-order chi connectivity index (χ1) is 17.2. The monoisotopic (exact) mass is 546 g/mol. The Kier molecular flexibility index (Phi) is 7.83. The van der Waals surface area contributed by atoms with Gasteiger partial charge in [0.25, 0.3) is 10.0 Å². The van der Waals surface area contributed by atoms with Gasteiger partial charge < -0.3 is 10.1 Å². The maximum absolute atomic E-state index is 13.6. The third-order valence-electron chi connectivity index (χ3n) is 6.61. The summed E-state index contributed by atoms with van der Waals surface area (Å²) in [5.41, 5.74) is 0.753. The number of fused-ring (bicyclic) bond motifs is 1. The fourth-order valence-electron chi connectivity index (χ4n) is 4.48. The summed E-state index contributed by atoms with van der Waals surface area (Å²) in [6.07, 6.45) is 2.15. The Bertz CT molecular complexity index is 1340. The van der Waals surface area contributed by atoms with E-state index in [-0.39, 0.29) is 16.6 Å². The SMILES string of the molecule is CCC1(CC)C[C@H](NC(=O)CN(c2cccc(Cl)c2)S(=O)(=O)c2ccc(Cl)cc2)c2ccccc2O1. The van der Waals surface area contributed by atoms with Gasteiger partial charge in [-0.3, -0.25) is 9.10 Å². The quantitative estimate of drug-likeness (QED) is 0.355. The summed E-state index contributed by atoms with van der Waals surface area (Å²) >= 11 is 12.1. The Balaban J connectivity index is 1.65. The number of hydrogen-bond donors (Lipinski definition) is 1. The van der Waals surface area contributed by atoms with Crippen molar-refractivity contribution in [2.45, 2.75) is 49.6 Å². The number of anilines is 1. The molecule has 0 saturated heterocycles.